The summed E-state index contributed by atoms with van der Waals surface area (Å²) in [5, 5.41) is 0. The van der Waals surface area contributed by atoms with Crippen molar-refractivity contribution < 1.29 is 0 Å². The largest absolute Gasteiger partial charge is 0.330 e. The molecule has 0 saturated heterocycles. The summed E-state index contributed by atoms with van der Waals surface area (Å²) >= 11 is 0. The van der Waals surface area contributed by atoms with Crippen LogP contribution in [0.25, 0.3) is 0 Å². The van der Waals surface area contributed by atoms with Crippen molar-refractivity contribution in [1.29, 1.82) is 0 Å². The molecule has 2 aliphatic rings. The van der Waals surface area contributed by atoms with Crippen LogP contribution in [-0.4, -0.2) is 6.54 Å². The van der Waals surface area contributed by atoms with Crippen LogP contribution in [0.2, 0.25) is 0 Å². The lowest BCUT2D eigenvalue weighted by Gasteiger charge is -2.49. The second-order valence-electron chi connectivity index (χ2n) is 5.99. The topological polar surface area (TPSA) is 26.0 Å². The Balaban J connectivity index is 2.10. The van der Waals surface area contributed by atoms with Gasteiger partial charge in [-0.05, 0) is 49.5 Å². The van der Waals surface area contributed by atoms with E-state index in [0.29, 0.717) is 0 Å². The van der Waals surface area contributed by atoms with E-state index in [4.69, 9.17) is 5.73 Å². The molecular formula is C14H27N. The van der Waals surface area contributed by atoms with E-state index in [1.807, 2.05) is 0 Å². The lowest BCUT2D eigenvalue weighted by Crippen LogP contribution is -2.41. The lowest BCUT2D eigenvalue weighted by atomic mass is 9.56. The Kier molecular flexibility index (Phi) is 3.71. The van der Waals surface area contributed by atoms with Gasteiger partial charge in [0.15, 0.2) is 0 Å². The molecule has 1 heteroatoms. The summed E-state index contributed by atoms with van der Waals surface area (Å²) in [4.78, 5) is 0. The molecule has 0 radical (unpaired) electrons. The highest BCUT2D eigenvalue weighted by molar-refractivity contribution is 4.93. The Morgan fingerprint density at radius 3 is 2.27 bits per heavy atom. The summed E-state index contributed by atoms with van der Waals surface area (Å²) in [5.41, 5.74) is 6.61. The normalized spacial score (nSPS) is 32.8. The molecule has 1 nitrogen and oxygen atoms in total. The highest BCUT2D eigenvalue weighted by Gasteiger charge is 2.42. The Bertz CT molecular complexity index is 185. The first-order valence-electron chi connectivity index (χ1n) is 6.98. The van der Waals surface area contributed by atoms with Crippen molar-refractivity contribution in [2.75, 3.05) is 6.54 Å². The number of hydrogen-bond donors (Lipinski definition) is 1. The second kappa shape index (κ2) is 4.86. The molecule has 2 saturated carbocycles. The van der Waals surface area contributed by atoms with Gasteiger partial charge in [0.1, 0.15) is 0 Å². The second-order valence-corrected chi connectivity index (χ2v) is 5.99. The maximum Gasteiger partial charge on any atom is -0.00486 e. The van der Waals surface area contributed by atoms with E-state index >= 15 is 0 Å². The van der Waals surface area contributed by atoms with E-state index in [1.165, 1.54) is 57.8 Å². The molecule has 0 aliphatic heterocycles. The van der Waals surface area contributed by atoms with Gasteiger partial charge >= 0.3 is 0 Å². The minimum atomic E-state index is 0.718. The van der Waals surface area contributed by atoms with Crippen LogP contribution in [-0.2, 0) is 0 Å². The number of rotatable bonds is 2. The molecule has 2 unspecified atom stereocenters. The van der Waals surface area contributed by atoms with Gasteiger partial charge in [0.25, 0.3) is 0 Å². The Morgan fingerprint density at radius 1 is 1.07 bits per heavy atom. The average Bonchev–Trinajstić information content (AvgIpc) is 2.30. The SMILES string of the molecule is CC(CN)C1CCCCC12CCCCC2. The van der Waals surface area contributed by atoms with Crippen molar-refractivity contribution in [3.05, 3.63) is 0 Å². The van der Waals surface area contributed by atoms with Gasteiger partial charge in [0, 0.05) is 0 Å². The Hall–Kier alpha value is -0.0400. The zero-order valence-electron chi connectivity index (χ0n) is 10.3. The molecule has 88 valence electrons. The third kappa shape index (κ3) is 2.22. The zero-order valence-corrected chi connectivity index (χ0v) is 10.3. The molecule has 0 heterocycles. The predicted octanol–water partition coefficient (Wildman–Crippen LogP) is 3.72. The van der Waals surface area contributed by atoms with Gasteiger partial charge in [-0.3, -0.25) is 0 Å². The van der Waals surface area contributed by atoms with Crippen molar-refractivity contribution in [1.82, 2.24) is 0 Å². The fourth-order valence-electron chi connectivity index (χ4n) is 4.26. The highest BCUT2D eigenvalue weighted by atomic mass is 14.6. The minimum Gasteiger partial charge on any atom is -0.330 e. The first kappa shape index (κ1) is 11.4. The van der Waals surface area contributed by atoms with Crippen LogP contribution in [0.15, 0.2) is 0 Å². The molecule has 2 N–H and O–H groups in total. The van der Waals surface area contributed by atoms with Gasteiger partial charge in [-0.2, -0.15) is 0 Å². The molecule has 15 heavy (non-hydrogen) atoms. The van der Waals surface area contributed by atoms with Crippen LogP contribution < -0.4 is 5.73 Å². The standard InChI is InChI=1S/C14H27N/c1-12(11-15)13-7-3-6-10-14(13)8-4-2-5-9-14/h12-13H,2-11,15H2,1H3. The van der Waals surface area contributed by atoms with E-state index in [2.05, 4.69) is 6.92 Å². The van der Waals surface area contributed by atoms with Crippen molar-refractivity contribution in [2.24, 2.45) is 23.0 Å². The highest BCUT2D eigenvalue weighted by Crippen LogP contribution is 2.53. The minimum absolute atomic E-state index is 0.718. The summed E-state index contributed by atoms with van der Waals surface area (Å²) < 4.78 is 0. The third-order valence-electron chi connectivity index (χ3n) is 5.13. The summed E-state index contributed by atoms with van der Waals surface area (Å²) in [6.07, 6.45) is 13.3. The van der Waals surface area contributed by atoms with E-state index in [9.17, 15) is 0 Å². The van der Waals surface area contributed by atoms with Crippen LogP contribution in [0.1, 0.15) is 64.7 Å². The molecule has 1 spiro atoms. The van der Waals surface area contributed by atoms with Gasteiger partial charge in [-0.15, -0.1) is 0 Å². The predicted molar refractivity (Wildman–Crippen MR) is 65.7 cm³/mol. The molecule has 2 fully saturated rings. The Morgan fingerprint density at radius 2 is 1.67 bits per heavy atom. The zero-order chi connectivity index (χ0) is 10.7. The molecule has 0 amide bonds. The van der Waals surface area contributed by atoms with Crippen LogP contribution >= 0.6 is 0 Å². The van der Waals surface area contributed by atoms with Crippen LogP contribution in [0.4, 0.5) is 0 Å². The summed E-state index contributed by atoms with van der Waals surface area (Å²) in [6, 6.07) is 0. The Labute approximate surface area is 94.8 Å². The summed E-state index contributed by atoms with van der Waals surface area (Å²) in [7, 11) is 0. The van der Waals surface area contributed by atoms with Crippen molar-refractivity contribution in [2.45, 2.75) is 64.7 Å². The maximum atomic E-state index is 5.89. The van der Waals surface area contributed by atoms with Crippen molar-refractivity contribution in [3.63, 3.8) is 0 Å². The first-order chi connectivity index (χ1) is 7.28. The number of nitrogens with two attached hydrogens (primary N) is 1. The fourth-order valence-corrected chi connectivity index (χ4v) is 4.26. The van der Waals surface area contributed by atoms with Gasteiger partial charge in [-0.1, -0.05) is 39.0 Å². The molecule has 0 aromatic heterocycles. The van der Waals surface area contributed by atoms with Gasteiger partial charge in [-0.25, -0.2) is 0 Å². The smallest absolute Gasteiger partial charge is 0.00486 e. The molecule has 0 bridgehead atoms. The average molecular weight is 209 g/mol. The van der Waals surface area contributed by atoms with Crippen molar-refractivity contribution in [3.8, 4) is 0 Å². The molecular weight excluding hydrogens is 182 g/mol. The quantitative estimate of drug-likeness (QED) is 0.737. The van der Waals surface area contributed by atoms with Gasteiger partial charge in [0.2, 0.25) is 0 Å². The molecule has 0 aromatic carbocycles. The monoisotopic (exact) mass is 209 g/mol. The van der Waals surface area contributed by atoms with Crippen LogP contribution in [0, 0.1) is 17.3 Å². The fraction of sp³-hybridized carbons (Fsp3) is 1.00. The van der Waals surface area contributed by atoms with Gasteiger partial charge < -0.3 is 5.73 Å². The number of hydrogen-bond acceptors (Lipinski definition) is 1. The van der Waals surface area contributed by atoms with Crippen molar-refractivity contribution >= 4 is 0 Å². The third-order valence-corrected chi connectivity index (χ3v) is 5.13. The molecule has 0 aromatic rings. The molecule has 2 atom stereocenters. The van der Waals surface area contributed by atoms with E-state index < -0.39 is 0 Å². The maximum absolute atomic E-state index is 5.89. The van der Waals surface area contributed by atoms with E-state index in [0.717, 1.165) is 23.8 Å². The van der Waals surface area contributed by atoms with E-state index in [-0.39, 0.29) is 0 Å². The molecule has 2 aliphatic carbocycles. The lowest BCUT2D eigenvalue weighted by molar-refractivity contribution is 0.0173. The summed E-state index contributed by atoms with van der Waals surface area (Å²) in [6.45, 7) is 3.28. The van der Waals surface area contributed by atoms with Crippen LogP contribution in [0.3, 0.4) is 0 Å². The van der Waals surface area contributed by atoms with Gasteiger partial charge in [0.05, 0.1) is 0 Å². The summed E-state index contributed by atoms with van der Waals surface area (Å²) in [5.74, 6) is 1.69. The van der Waals surface area contributed by atoms with Crippen LogP contribution in [0.5, 0.6) is 0 Å². The van der Waals surface area contributed by atoms with E-state index in [1.54, 1.807) is 0 Å². The molecule has 2 rings (SSSR count). The first-order valence-corrected chi connectivity index (χ1v) is 6.98.